The van der Waals surface area contributed by atoms with Crippen LogP contribution in [0.3, 0.4) is 0 Å². The molecule has 0 aliphatic carbocycles. The molecule has 0 radical (unpaired) electrons. The molecule has 5 heteroatoms. The molecule has 2 fully saturated rings. The molecule has 2 rings (SSSR count). The van der Waals surface area contributed by atoms with E-state index in [0.717, 1.165) is 12.8 Å². The lowest BCUT2D eigenvalue weighted by molar-refractivity contribution is -0.161. The number of carbonyl (C=O) groups is 2. The quantitative estimate of drug-likeness (QED) is 0.724. The monoisotopic (exact) mass is 228 g/mol. The van der Waals surface area contributed by atoms with Gasteiger partial charge in [0.1, 0.15) is 0 Å². The van der Waals surface area contributed by atoms with Gasteiger partial charge in [0.2, 0.25) is 0 Å². The molecule has 0 aromatic carbocycles. The lowest BCUT2D eigenvalue weighted by Gasteiger charge is -2.23. The van der Waals surface area contributed by atoms with Gasteiger partial charge in [0.25, 0.3) is 0 Å². The summed E-state index contributed by atoms with van der Waals surface area (Å²) in [4.78, 5) is 22.9. The van der Waals surface area contributed by atoms with Crippen LogP contribution in [-0.4, -0.2) is 35.4 Å². The first kappa shape index (κ1) is 11.4. The van der Waals surface area contributed by atoms with Gasteiger partial charge in [-0.15, -0.1) is 0 Å². The normalized spacial score (nSPS) is 36.7. The van der Waals surface area contributed by atoms with Crippen LogP contribution < -0.4 is 0 Å². The first-order chi connectivity index (χ1) is 7.50. The van der Waals surface area contributed by atoms with Crippen LogP contribution in [0.1, 0.15) is 26.7 Å². The third kappa shape index (κ3) is 1.80. The van der Waals surface area contributed by atoms with Gasteiger partial charge in [0, 0.05) is 0 Å². The first-order valence-electron chi connectivity index (χ1n) is 5.59. The molecule has 0 aromatic heterocycles. The van der Waals surface area contributed by atoms with Gasteiger partial charge in [-0.3, -0.25) is 9.59 Å². The fourth-order valence-corrected chi connectivity index (χ4v) is 2.60. The maximum atomic E-state index is 11.8. The molecule has 0 saturated carbocycles. The number of rotatable bonds is 3. The summed E-state index contributed by atoms with van der Waals surface area (Å²) in [5.74, 6) is -2.75. The molecule has 2 aliphatic rings. The third-order valence-electron chi connectivity index (χ3n) is 3.18. The highest BCUT2D eigenvalue weighted by Crippen LogP contribution is 2.44. The molecule has 2 aliphatic heterocycles. The van der Waals surface area contributed by atoms with E-state index in [0.29, 0.717) is 0 Å². The molecule has 5 nitrogen and oxygen atoms in total. The van der Waals surface area contributed by atoms with Crippen molar-refractivity contribution in [2.45, 2.75) is 45.0 Å². The topological polar surface area (TPSA) is 72.8 Å². The van der Waals surface area contributed by atoms with Crippen molar-refractivity contribution in [3.05, 3.63) is 0 Å². The largest absolute Gasteiger partial charge is 0.481 e. The Kier molecular flexibility index (Phi) is 2.88. The Morgan fingerprint density at radius 1 is 1.25 bits per heavy atom. The van der Waals surface area contributed by atoms with Crippen molar-refractivity contribution in [1.82, 2.24) is 0 Å². The molecule has 0 spiro atoms. The molecular weight excluding hydrogens is 212 g/mol. The average molecular weight is 228 g/mol. The smallest absolute Gasteiger partial charge is 0.312 e. The standard InChI is InChI=1S/C11H16O5/c1-5(2)15-11(14)9-7-4-3-6(16-7)8(9)10(12)13/h5-9H,3-4H2,1-2H3,(H,12,13). The van der Waals surface area contributed by atoms with Crippen molar-refractivity contribution in [3.8, 4) is 0 Å². The van der Waals surface area contributed by atoms with Crippen LogP contribution in [0.15, 0.2) is 0 Å². The number of carboxylic acid groups (broad SMARTS) is 1. The fraction of sp³-hybridized carbons (Fsp3) is 0.818. The van der Waals surface area contributed by atoms with Crippen LogP contribution in [0.4, 0.5) is 0 Å². The summed E-state index contributed by atoms with van der Waals surface area (Å²) in [6.45, 7) is 3.50. The highest BCUT2D eigenvalue weighted by atomic mass is 16.6. The Morgan fingerprint density at radius 3 is 2.31 bits per heavy atom. The number of esters is 1. The lowest BCUT2D eigenvalue weighted by Crippen LogP contribution is -2.39. The van der Waals surface area contributed by atoms with Gasteiger partial charge < -0.3 is 14.6 Å². The van der Waals surface area contributed by atoms with E-state index < -0.39 is 23.8 Å². The predicted octanol–water partition coefficient (Wildman–Crippen LogP) is 0.816. The van der Waals surface area contributed by atoms with Crippen molar-refractivity contribution < 1.29 is 24.2 Å². The Bertz CT molecular complexity index is 311. The zero-order chi connectivity index (χ0) is 11.9. The van der Waals surface area contributed by atoms with Gasteiger partial charge in [-0.25, -0.2) is 0 Å². The van der Waals surface area contributed by atoms with Crippen LogP contribution in [0, 0.1) is 11.8 Å². The molecule has 90 valence electrons. The summed E-state index contributed by atoms with van der Waals surface area (Å²) in [6.07, 6.45) is 0.685. The highest BCUT2D eigenvalue weighted by molar-refractivity contribution is 5.83. The summed E-state index contributed by atoms with van der Waals surface area (Å²) in [7, 11) is 0. The molecule has 4 atom stereocenters. The van der Waals surface area contributed by atoms with Crippen molar-refractivity contribution in [3.63, 3.8) is 0 Å². The average Bonchev–Trinajstić information content (AvgIpc) is 2.74. The molecule has 2 saturated heterocycles. The minimum Gasteiger partial charge on any atom is -0.481 e. The van der Waals surface area contributed by atoms with Crippen molar-refractivity contribution >= 4 is 11.9 Å². The summed E-state index contributed by atoms with van der Waals surface area (Å²) >= 11 is 0. The molecule has 0 aromatic rings. The molecule has 2 heterocycles. The Labute approximate surface area is 93.7 Å². The van der Waals surface area contributed by atoms with Crippen molar-refractivity contribution in [2.75, 3.05) is 0 Å². The van der Waals surface area contributed by atoms with Crippen LogP contribution in [0.25, 0.3) is 0 Å². The van der Waals surface area contributed by atoms with E-state index in [4.69, 9.17) is 14.6 Å². The van der Waals surface area contributed by atoms with Gasteiger partial charge in [0.15, 0.2) is 0 Å². The van der Waals surface area contributed by atoms with Crippen LogP contribution >= 0.6 is 0 Å². The summed E-state index contributed by atoms with van der Waals surface area (Å²) < 4.78 is 10.6. The number of aliphatic carboxylic acids is 1. The molecule has 1 N–H and O–H groups in total. The number of fused-ring (bicyclic) bond motifs is 2. The summed E-state index contributed by atoms with van der Waals surface area (Å²) in [5, 5.41) is 9.10. The van der Waals surface area contributed by atoms with Crippen LogP contribution in [0.2, 0.25) is 0 Å². The van der Waals surface area contributed by atoms with E-state index in [9.17, 15) is 9.59 Å². The van der Waals surface area contributed by atoms with Crippen molar-refractivity contribution in [1.29, 1.82) is 0 Å². The van der Waals surface area contributed by atoms with E-state index in [1.54, 1.807) is 13.8 Å². The van der Waals surface area contributed by atoms with Crippen molar-refractivity contribution in [2.24, 2.45) is 11.8 Å². The van der Waals surface area contributed by atoms with E-state index in [-0.39, 0.29) is 18.3 Å². The minimum atomic E-state index is -0.960. The molecule has 0 amide bonds. The number of carboxylic acids is 1. The maximum absolute atomic E-state index is 11.8. The summed E-state index contributed by atoms with van der Waals surface area (Å²) in [5.41, 5.74) is 0. The molecule has 4 unspecified atom stereocenters. The Balaban J connectivity index is 2.12. The van der Waals surface area contributed by atoms with Gasteiger partial charge >= 0.3 is 11.9 Å². The van der Waals surface area contributed by atoms with Gasteiger partial charge in [-0.2, -0.15) is 0 Å². The van der Waals surface area contributed by atoms with E-state index >= 15 is 0 Å². The van der Waals surface area contributed by atoms with Gasteiger partial charge in [-0.1, -0.05) is 0 Å². The Morgan fingerprint density at radius 2 is 1.81 bits per heavy atom. The highest BCUT2D eigenvalue weighted by Gasteiger charge is 2.56. The van der Waals surface area contributed by atoms with E-state index in [1.807, 2.05) is 0 Å². The molecule has 16 heavy (non-hydrogen) atoms. The maximum Gasteiger partial charge on any atom is 0.312 e. The summed E-state index contributed by atoms with van der Waals surface area (Å²) in [6, 6.07) is 0. The third-order valence-corrected chi connectivity index (χ3v) is 3.18. The zero-order valence-electron chi connectivity index (χ0n) is 9.38. The SMILES string of the molecule is CC(C)OC(=O)C1C2CCC(O2)C1C(=O)O. The second kappa shape index (κ2) is 4.05. The fourth-order valence-electron chi connectivity index (χ4n) is 2.60. The van der Waals surface area contributed by atoms with Gasteiger partial charge in [0.05, 0.1) is 30.1 Å². The minimum absolute atomic E-state index is 0.221. The van der Waals surface area contributed by atoms with Crippen LogP contribution in [-0.2, 0) is 19.1 Å². The van der Waals surface area contributed by atoms with E-state index in [2.05, 4.69) is 0 Å². The number of carbonyl (C=O) groups excluding carboxylic acids is 1. The molecular formula is C11H16O5. The number of hydrogen-bond acceptors (Lipinski definition) is 4. The van der Waals surface area contributed by atoms with Gasteiger partial charge in [-0.05, 0) is 26.7 Å². The Hall–Kier alpha value is -1.10. The predicted molar refractivity (Wildman–Crippen MR) is 53.7 cm³/mol. The van der Waals surface area contributed by atoms with Crippen LogP contribution in [0.5, 0.6) is 0 Å². The second-order valence-corrected chi connectivity index (χ2v) is 4.67. The first-order valence-corrected chi connectivity index (χ1v) is 5.59. The number of ether oxygens (including phenoxy) is 2. The number of hydrogen-bond donors (Lipinski definition) is 1. The second-order valence-electron chi connectivity index (χ2n) is 4.67. The molecule has 2 bridgehead atoms. The lowest BCUT2D eigenvalue weighted by atomic mass is 9.79. The zero-order valence-corrected chi connectivity index (χ0v) is 9.38. The van der Waals surface area contributed by atoms with E-state index in [1.165, 1.54) is 0 Å².